The van der Waals surface area contributed by atoms with Gasteiger partial charge in [-0.3, -0.25) is 4.79 Å². The Balaban J connectivity index is 1.57. The second-order valence-electron chi connectivity index (χ2n) is 9.83. The number of benzene rings is 3. The van der Waals surface area contributed by atoms with E-state index in [9.17, 15) is 60.7 Å². The number of fused-ring (bicyclic) bond motifs is 1. The summed E-state index contributed by atoms with van der Waals surface area (Å²) < 4.78 is 22.1. The Morgan fingerprint density at radius 2 is 1.34 bits per heavy atom. The van der Waals surface area contributed by atoms with Crippen LogP contribution in [0.3, 0.4) is 0 Å². The third-order valence-corrected chi connectivity index (χ3v) is 6.81. The normalized spacial score (nSPS) is 21.7. The van der Waals surface area contributed by atoms with Crippen LogP contribution < -0.4 is 10.2 Å². The highest BCUT2D eigenvalue weighted by molar-refractivity contribution is 5.91. The van der Waals surface area contributed by atoms with Crippen molar-refractivity contribution in [1.29, 1.82) is 0 Å². The average Bonchev–Trinajstić information content (AvgIpc) is 2.95. The molecule has 0 spiro atoms. The SMILES string of the molecule is CC1OC(Oc2c(-c3cc(O)c(O)c(O)c3)oc3cc(O)cc(O)c3c2=O)C(O)C(OC(=O)c2cc(O)c(O)c(O)c2)C1O. The summed E-state index contributed by atoms with van der Waals surface area (Å²) in [6.07, 6.45) is -8.66. The molecule has 1 fully saturated rings. The second-order valence-corrected chi connectivity index (χ2v) is 9.83. The maximum Gasteiger partial charge on any atom is 0.338 e. The lowest BCUT2D eigenvalue weighted by Gasteiger charge is -2.40. The van der Waals surface area contributed by atoms with Crippen molar-refractivity contribution in [2.45, 2.75) is 37.6 Å². The quantitative estimate of drug-likeness (QED) is 0.111. The molecule has 10 N–H and O–H groups in total. The van der Waals surface area contributed by atoms with Gasteiger partial charge in [-0.15, -0.1) is 0 Å². The maximum absolute atomic E-state index is 13.6. The van der Waals surface area contributed by atoms with Crippen molar-refractivity contribution in [2.24, 2.45) is 0 Å². The molecule has 2 heterocycles. The van der Waals surface area contributed by atoms with Crippen molar-refractivity contribution in [3.63, 3.8) is 0 Å². The number of aromatic hydroxyl groups is 8. The molecule has 1 aliphatic heterocycles. The monoisotopic (exact) mass is 616 g/mol. The van der Waals surface area contributed by atoms with Gasteiger partial charge in [-0.05, 0) is 31.2 Å². The molecule has 0 aliphatic carbocycles. The molecule has 16 nitrogen and oxygen atoms in total. The molecule has 4 aromatic rings. The number of esters is 1. The van der Waals surface area contributed by atoms with Crippen molar-refractivity contribution in [3.8, 4) is 63.1 Å². The standard InChI is InChI=1S/C28H24O16/c1-8-19(35)25(43-27(40)10-4-15(33)21(37)16(34)5-10)23(39)28(41-8)44-26-22(38)18-12(30)6-11(29)7-17(18)42-24(26)9-2-13(31)20(36)14(32)3-9/h2-8,19,23,25,28-37,39H,1H3. The molecule has 1 saturated heterocycles. The minimum atomic E-state index is -2.04. The lowest BCUT2D eigenvalue weighted by molar-refractivity contribution is -0.267. The number of carbonyl (C=O) groups excluding carboxylic acids is 1. The molecule has 1 aromatic heterocycles. The molecule has 3 aromatic carbocycles. The van der Waals surface area contributed by atoms with Crippen molar-refractivity contribution in [2.75, 3.05) is 0 Å². The molecule has 0 bridgehead atoms. The first-order valence-corrected chi connectivity index (χ1v) is 12.6. The van der Waals surface area contributed by atoms with Crippen molar-refractivity contribution in [3.05, 3.63) is 52.2 Å². The third-order valence-electron chi connectivity index (χ3n) is 6.81. The molecule has 5 rings (SSSR count). The molecule has 5 unspecified atom stereocenters. The van der Waals surface area contributed by atoms with Gasteiger partial charge < -0.3 is 69.7 Å². The van der Waals surface area contributed by atoms with Crippen LogP contribution >= 0.6 is 0 Å². The minimum absolute atomic E-state index is 0.261. The lowest BCUT2D eigenvalue weighted by Crippen LogP contribution is -2.59. The molecule has 44 heavy (non-hydrogen) atoms. The maximum atomic E-state index is 13.6. The molecule has 16 heteroatoms. The van der Waals surface area contributed by atoms with Crippen LogP contribution in [0.5, 0.6) is 51.7 Å². The number of phenols is 8. The number of hydrogen-bond acceptors (Lipinski definition) is 16. The van der Waals surface area contributed by atoms with E-state index in [2.05, 4.69) is 0 Å². The largest absolute Gasteiger partial charge is 0.508 e. The van der Waals surface area contributed by atoms with E-state index in [-0.39, 0.29) is 11.1 Å². The van der Waals surface area contributed by atoms with Crippen LogP contribution in [-0.4, -0.2) is 87.7 Å². The van der Waals surface area contributed by atoms with Gasteiger partial charge in [-0.1, -0.05) is 0 Å². The zero-order valence-electron chi connectivity index (χ0n) is 22.3. The van der Waals surface area contributed by atoms with Gasteiger partial charge in [0.1, 0.15) is 28.6 Å². The Kier molecular flexibility index (Phi) is 7.42. The Hall–Kier alpha value is -5.58. The van der Waals surface area contributed by atoms with E-state index in [1.165, 1.54) is 6.92 Å². The van der Waals surface area contributed by atoms with Gasteiger partial charge in [-0.2, -0.15) is 0 Å². The summed E-state index contributed by atoms with van der Waals surface area (Å²) in [7, 11) is 0. The molecule has 0 radical (unpaired) electrons. The molecular formula is C28H24O16. The highest BCUT2D eigenvalue weighted by atomic mass is 16.7. The van der Waals surface area contributed by atoms with Crippen LogP contribution in [0.2, 0.25) is 0 Å². The van der Waals surface area contributed by atoms with Gasteiger partial charge in [0.15, 0.2) is 52.5 Å². The van der Waals surface area contributed by atoms with Crippen LogP contribution in [0.4, 0.5) is 0 Å². The van der Waals surface area contributed by atoms with Crippen LogP contribution in [-0.2, 0) is 9.47 Å². The molecule has 0 saturated carbocycles. The number of phenolic OH excluding ortho intramolecular Hbond substituents is 8. The van der Waals surface area contributed by atoms with Crippen LogP contribution in [0.25, 0.3) is 22.3 Å². The second kappa shape index (κ2) is 10.9. The minimum Gasteiger partial charge on any atom is -0.508 e. The number of aliphatic hydroxyl groups excluding tert-OH is 2. The number of rotatable bonds is 5. The predicted octanol–water partition coefficient (Wildman–Crippen LogP) is 1.18. The zero-order valence-corrected chi connectivity index (χ0v) is 22.3. The van der Waals surface area contributed by atoms with Crippen LogP contribution in [0.1, 0.15) is 17.3 Å². The summed E-state index contributed by atoms with van der Waals surface area (Å²) in [6, 6.07) is 5.08. The first-order valence-electron chi connectivity index (χ1n) is 12.6. The van der Waals surface area contributed by atoms with Gasteiger partial charge in [0.2, 0.25) is 17.5 Å². The van der Waals surface area contributed by atoms with Gasteiger partial charge in [0.05, 0.1) is 11.7 Å². The van der Waals surface area contributed by atoms with E-state index < -0.39 is 111 Å². The Bertz CT molecular complexity index is 1800. The number of aliphatic hydroxyl groups is 2. The Labute approximate surface area is 244 Å². The van der Waals surface area contributed by atoms with Crippen LogP contribution in [0.15, 0.2) is 45.6 Å². The lowest BCUT2D eigenvalue weighted by atomic mass is 9.99. The zero-order chi connectivity index (χ0) is 32.2. The first-order chi connectivity index (χ1) is 20.7. The Morgan fingerprint density at radius 3 is 1.93 bits per heavy atom. The van der Waals surface area contributed by atoms with E-state index in [1.54, 1.807) is 0 Å². The fourth-order valence-electron chi connectivity index (χ4n) is 4.56. The van der Waals surface area contributed by atoms with Gasteiger partial charge >= 0.3 is 5.97 Å². The topological polar surface area (TPSA) is 277 Å². The molecular weight excluding hydrogens is 592 g/mol. The summed E-state index contributed by atoms with van der Waals surface area (Å²) in [5.74, 6) is -9.03. The molecule has 0 amide bonds. The molecule has 232 valence electrons. The van der Waals surface area contributed by atoms with Crippen LogP contribution in [0, 0.1) is 0 Å². The van der Waals surface area contributed by atoms with E-state index in [4.69, 9.17) is 18.6 Å². The van der Waals surface area contributed by atoms with E-state index >= 15 is 0 Å². The number of carbonyl (C=O) groups is 1. The predicted molar refractivity (Wildman–Crippen MR) is 144 cm³/mol. The fraction of sp³-hybridized carbons (Fsp3) is 0.214. The molecule has 1 aliphatic rings. The number of hydrogen-bond donors (Lipinski definition) is 10. The fourth-order valence-corrected chi connectivity index (χ4v) is 4.56. The highest BCUT2D eigenvalue weighted by Crippen LogP contribution is 2.43. The third kappa shape index (κ3) is 5.13. The highest BCUT2D eigenvalue weighted by Gasteiger charge is 2.47. The van der Waals surface area contributed by atoms with E-state index in [1.807, 2.05) is 0 Å². The summed E-state index contributed by atoms with van der Waals surface area (Å²) in [6.45, 7) is 1.31. The summed E-state index contributed by atoms with van der Waals surface area (Å²) >= 11 is 0. The van der Waals surface area contributed by atoms with E-state index in [0.717, 1.165) is 36.4 Å². The van der Waals surface area contributed by atoms with Crippen molar-refractivity contribution < 1.29 is 74.5 Å². The van der Waals surface area contributed by atoms with Gasteiger partial charge in [0.25, 0.3) is 0 Å². The van der Waals surface area contributed by atoms with Gasteiger partial charge in [0, 0.05) is 17.7 Å². The van der Waals surface area contributed by atoms with Crippen molar-refractivity contribution >= 4 is 16.9 Å². The summed E-state index contributed by atoms with van der Waals surface area (Å²) in [5, 5.41) is 100. The summed E-state index contributed by atoms with van der Waals surface area (Å²) in [5.41, 5.74) is -2.20. The van der Waals surface area contributed by atoms with Crippen molar-refractivity contribution in [1.82, 2.24) is 0 Å². The molecule has 5 atom stereocenters. The van der Waals surface area contributed by atoms with E-state index in [0.29, 0.717) is 0 Å². The average molecular weight is 616 g/mol. The first kappa shape index (κ1) is 29.9. The Morgan fingerprint density at radius 1 is 0.773 bits per heavy atom. The summed E-state index contributed by atoms with van der Waals surface area (Å²) in [4.78, 5) is 26.4. The smallest absolute Gasteiger partial charge is 0.338 e. The van der Waals surface area contributed by atoms with Gasteiger partial charge in [-0.25, -0.2) is 4.79 Å². The number of ether oxygens (including phenoxy) is 3.